The molecule has 0 aliphatic carbocycles. The average Bonchev–Trinajstić information content (AvgIpc) is 2.46. The molecule has 0 aromatic heterocycles. The van der Waals surface area contributed by atoms with Gasteiger partial charge in [0, 0.05) is 0 Å². The van der Waals surface area contributed by atoms with Crippen LogP contribution in [0.4, 0.5) is 5.69 Å². The highest BCUT2D eigenvalue weighted by atomic mass is 35.5. The molecular weight excluding hydrogens is 316 g/mol. The van der Waals surface area contributed by atoms with E-state index in [2.05, 4.69) is 4.72 Å². The van der Waals surface area contributed by atoms with Crippen LogP contribution in [0.1, 0.15) is 13.3 Å². The maximum absolute atomic E-state index is 12.3. The van der Waals surface area contributed by atoms with Gasteiger partial charge in [0.05, 0.1) is 17.3 Å². The molecule has 116 valence electrons. The Morgan fingerprint density at radius 1 is 1.52 bits per heavy atom. The van der Waals surface area contributed by atoms with E-state index in [1.807, 2.05) is 6.92 Å². The summed E-state index contributed by atoms with van der Waals surface area (Å²) in [5.74, 6) is -0.687. The highest BCUT2D eigenvalue weighted by Gasteiger charge is 2.32. The largest absolute Gasteiger partial charge is 0.485 e. The number of nitrogens with one attached hydrogen (secondary N) is 1. The molecule has 0 saturated heterocycles. The summed E-state index contributed by atoms with van der Waals surface area (Å²) in [6.45, 7) is 2.24. The number of sulfonamides is 1. The normalized spacial score (nSPS) is 18.0. The number of ether oxygens (including phenoxy) is 1. The molecule has 0 saturated carbocycles. The van der Waals surface area contributed by atoms with Crippen molar-refractivity contribution in [3.8, 4) is 5.75 Å². The lowest BCUT2D eigenvalue weighted by atomic mass is 10.1. The van der Waals surface area contributed by atoms with Crippen LogP contribution in [0.25, 0.3) is 0 Å². The Morgan fingerprint density at radius 2 is 2.24 bits per heavy atom. The summed E-state index contributed by atoms with van der Waals surface area (Å²) in [5.41, 5.74) is 0.503. The van der Waals surface area contributed by atoms with Crippen LogP contribution >= 0.6 is 11.6 Å². The van der Waals surface area contributed by atoms with Crippen molar-refractivity contribution in [3.05, 3.63) is 23.2 Å². The standard InChI is InChI=1S/C13H17ClN2O4S/c1-3-9-7-16(12(17)8-21(18,19)15-2)11-6-4-5-10(14)13(11)20-9/h4-6,9,15H,3,7-8H2,1-2H3. The molecule has 1 amide bonds. The van der Waals surface area contributed by atoms with E-state index in [0.717, 1.165) is 0 Å². The van der Waals surface area contributed by atoms with Crippen molar-refractivity contribution in [1.82, 2.24) is 4.72 Å². The van der Waals surface area contributed by atoms with Crippen molar-refractivity contribution < 1.29 is 17.9 Å². The third-order valence-electron chi connectivity index (χ3n) is 3.29. The lowest BCUT2D eigenvalue weighted by Gasteiger charge is -2.35. The fourth-order valence-electron chi connectivity index (χ4n) is 2.09. The van der Waals surface area contributed by atoms with Gasteiger partial charge in [-0.15, -0.1) is 0 Å². The molecule has 0 radical (unpaired) electrons. The van der Waals surface area contributed by atoms with Crippen molar-refractivity contribution in [3.63, 3.8) is 0 Å². The van der Waals surface area contributed by atoms with E-state index in [0.29, 0.717) is 29.4 Å². The molecule has 1 aromatic rings. The fraction of sp³-hybridized carbons (Fsp3) is 0.462. The average molecular weight is 333 g/mol. The maximum Gasteiger partial charge on any atom is 0.243 e. The molecule has 2 rings (SSSR count). The van der Waals surface area contributed by atoms with Gasteiger partial charge in [0.25, 0.3) is 0 Å². The van der Waals surface area contributed by atoms with Crippen molar-refractivity contribution in [2.24, 2.45) is 0 Å². The summed E-state index contributed by atoms with van der Waals surface area (Å²) in [6, 6.07) is 5.06. The number of benzene rings is 1. The van der Waals surface area contributed by atoms with Gasteiger partial charge in [-0.2, -0.15) is 0 Å². The van der Waals surface area contributed by atoms with Gasteiger partial charge >= 0.3 is 0 Å². The topological polar surface area (TPSA) is 75.7 Å². The van der Waals surface area contributed by atoms with Crippen molar-refractivity contribution in [2.45, 2.75) is 19.4 Å². The second-order valence-electron chi connectivity index (χ2n) is 4.70. The Labute approximate surface area is 129 Å². The van der Waals surface area contributed by atoms with E-state index >= 15 is 0 Å². The monoisotopic (exact) mass is 332 g/mol. The fourth-order valence-corrected chi connectivity index (χ4v) is 2.93. The summed E-state index contributed by atoms with van der Waals surface area (Å²) < 4.78 is 31.0. The number of rotatable bonds is 4. The zero-order valence-electron chi connectivity index (χ0n) is 11.8. The van der Waals surface area contributed by atoms with Gasteiger partial charge in [0.2, 0.25) is 15.9 Å². The van der Waals surface area contributed by atoms with E-state index in [9.17, 15) is 13.2 Å². The van der Waals surface area contributed by atoms with Crippen LogP contribution in [0, 0.1) is 0 Å². The summed E-state index contributed by atoms with van der Waals surface area (Å²) in [5, 5.41) is 0.403. The number of carbonyl (C=O) groups is 1. The van der Waals surface area contributed by atoms with Gasteiger partial charge in [-0.3, -0.25) is 4.79 Å². The third-order valence-corrected chi connectivity index (χ3v) is 4.84. The number of hydrogen-bond acceptors (Lipinski definition) is 4. The van der Waals surface area contributed by atoms with Crippen LogP contribution in [-0.2, 0) is 14.8 Å². The molecule has 1 unspecified atom stereocenters. The molecule has 1 heterocycles. The van der Waals surface area contributed by atoms with Gasteiger partial charge in [-0.1, -0.05) is 24.6 Å². The Morgan fingerprint density at radius 3 is 2.86 bits per heavy atom. The van der Waals surface area contributed by atoms with E-state index < -0.39 is 21.7 Å². The summed E-state index contributed by atoms with van der Waals surface area (Å²) >= 11 is 6.10. The van der Waals surface area contributed by atoms with Crippen LogP contribution in [-0.4, -0.2) is 39.8 Å². The van der Waals surface area contributed by atoms with E-state index in [1.165, 1.54) is 11.9 Å². The molecule has 6 nitrogen and oxygen atoms in total. The van der Waals surface area contributed by atoms with Crippen LogP contribution in [0.15, 0.2) is 18.2 Å². The van der Waals surface area contributed by atoms with Crippen molar-refractivity contribution in [2.75, 3.05) is 24.2 Å². The minimum Gasteiger partial charge on any atom is -0.485 e. The number of halogens is 1. The van der Waals surface area contributed by atoms with Crippen LogP contribution in [0.5, 0.6) is 5.75 Å². The summed E-state index contributed by atoms with van der Waals surface area (Å²) in [7, 11) is -2.34. The molecule has 0 spiro atoms. The molecule has 0 fully saturated rings. The minimum atomic E-state index is -3.62. The van der Waals surface area contributed by atoms with E-state index in [-0.39, 0.29) is 6.10 Å². The molecule has 1 atom stereocenters. The molecule has 21 heavy (non-hydrogen) atoms. The first kappa shape index (κ1) is 16.1. The smallest absolute Gasteiger partial charge is 0.243 e. The lowest BCUT2D eigenvalue weighted by molar-refractivity contribution is -0.116. The van der Waals surface area contributed by atoms with Gasteiger partial charge < -0.3 is 9.64 Å². The van der Waals surface area contributed by atoms with Crippen molar-refractivity contribution in [1.29, 1.82) is 0 Å². The second-order valence-corrected chi connectivity index (χ2v) is 7.04. The SMILES string of the molecule is CCC1CN(C(=O)CS(=O)(=O)NC)c2cccc(Cl)c2O1. The first-order chi connectivity index (χ1) is 9.88. The zero-order chi connectivity index (χ0) is 15.6. The highest BCUT2D eigenvalue weighted by Crippen LogP contribution is 2.39. The molecule has 1 N–H and O–H groups in total. The predicted octanol–water partition coefficient (Wildman–Crippen LogP) is 1.39. The number of para-hydroxylation sites is 1. The van der Waals surface area contributed by atoms with Crippen LogP contribution < -0.4 is 14.4 Å². The number of carbonyl (C=O) groups excluding carboxylic acids is 1. The highest BCUT2D eigenvalue weighted by molar-refractivity contribution is 7.90. The van der Waals surface area contributed by atoms with Gasteiger partial charge in [0.1, 0.15) is 11.9 Å². The van der Waals surface area contributed by atoms with E-state index in [1.54, 1.807) is 18.2 Å². The minimum absolute atomic E-state index is 0.210. The molecule has 1 aliphatic rings. The lowest BCUT2D eigenvalue weighted by Crippen LogP contribution is -2.46. The van der Waals surface area contributed by atoms with Crippen molar-refractivity contribution >= 4 is 33.2 Å². The number of hydrogen-bond donors (Lipinski definition) is 1. The summed E-state index contributed by atoms with van der Waals surface area (Å²) in [4.78, 5) is 13.7. The number of fused-ring (bicyclic) bond motifs is 1. The molecular formula is C13H17ClN2O4S. The summed E-state index contributed by atoms with van der Waals surface area (Å²) in [6.07, 6.45) is 0.478. The van der Waals surface area contributed by atoms with Crippen LogP contribution in [0.3, 0.4) is 0 Å². The van der Waals surface area contributed by atoms with E-state index in [4.69, 9.17) is 16.3 Å². The third kappa shape index (κ3) is 3.48. The second kappa shape index (κ2) is 6.21. The Hall–Kier alpha value is -1.31. The molecule has 1 aliphatic heterocycles. The molecule has 1 aromatic carbocycles. The zero-order valence-corrected chi connectivity index (χ0v) is 13.4. The first-order valence-electron chi connectivity index (χ1n) is 6.54. The quantitative estimate of drug-likeness (QED) is 0.904. The Kier molecular flexibility index (Phi) is 4.75. The predicted molar refractivity (Wildman–Crippen MR) is 81.4 cm³/mol. The number of amides is 1. The molecule has 0 bridgehead atoms. The van der Waals surface area contributed by atoms with Gasteiger partial charge in [0.15, 0.2) is 5.75 Å². The first-order valence-corrected chi connectivity index (χ1v) is 8.57. The Bertz CT molecular complexity index is 648. The van der Waals surface area contributed by atoms with Crippen LogP contribution in [0.2, 0.25) is 5.02 Å². The maximum atomic E-state index is 12.3. The molecule has 8 heteroatoms. The van der Waals surface area contributed by atoms with Gasteiger partial charge in [-0.25, -0.2) is 13.1 Å². The van der Waals surface area contributed by atoms with Gasteiger partial charge in [-0.05, 0) is 25.6 Å². The number of anilines is 1. The Balaban J connectivity index is 2.36. The number of nitrogens with zero attached hydrogens (tertiary/aromatic N) is 1.